The molecular weight excluding hydrogens is 494 g/mol. The first-order valence-electron chi connectivity index (χ1n) is 13.4. The van der Waals surface area contributed by atoms with Crippen molar-refractivity contribution in [1.82, 2.24) is 15.2 Å². The number of amides is 2. The molecule has 1 unspecified atom stereocenters. The van der Waals surface area contributed by atoms with E-state index >= 15 is 0 Å². The van der Waals surface area contributed by atoms with Crippen molar-refractivity contribution in [2.24, 2.45) is 0 Å². The Kier molecular flexibility index (Phi) is 8.29. The number of fused-ring (bicyclic) bond motifs is 2. The van der Waals surface area contributed by atoms with Gasteiger partial charge in [-0.1, -0.05) is 36.0 Å². The fourth-order valence-corrected chi connectivity index (χ4v) is 6.20. The Morgan fingerprint density at radius 3 is 2.79 bits per heavy atom. The number of nitrogens with zero attached hydrogens (tertiary/aromatic N) is 4. The first-order chi connectivity index (χ1) is 18.5. The Morgan fingerprint density at radius 1 is 1.08 bits per heavy atom. The maximum Gasteiger partial charge on any atom is 0.261 e. The molecule has 0 saturated carbocycles. The Bertz CT molecular complexity index is 1300. The molecule has 8 heteroatoms. The second kappa shape index (κ2) is 12.0. The fraction of sp³-hybridized carbons (Fsp3) is 0.367. The topological polar surface area (TPSA) is 68.8 Å². The van der Waals surface area contributed by atoms with E-state index in [2.05, 4.69) is 58.2 Å². The highest BCUT2D eigenvalue weighted by Gasteiger charge is 2.28. The van der Waals surface area contributed by atoms with Crippen LogP contribution in [0.5, 0.6) is 0 Å². The number of anilines is 2. The highest BCUT2D eigenvalue weighted by atomic mass is 32.2. The van der Waals surface area contributed by atoms with Crippen LogP contribution in [-0.4, -0.2) is 67.0 Å². The molecule has 2 aliphatic heterocycles. The Balaban J connectivity index is 1.09. The standard InChI is InChI=1S/C30H35N5O2S/c1-22-8-5-9-24(20-22)34-19-18-33(23(2)21-34)16-7-15-31-28(36)13-17-35-26-11-3-4-12-27(26)38-29-25(30(35)37)10-6-14-32-29/h3-6,8-12,14,20,23H,7,13,15-19,21H2,1-2H3,(H,31,36). The molecule has 0 bridgehead atoms. The van der Waals surface area contributed by atoms with Gasteiger partial charge in [-0.25, -0.2) is 4.98 Å². The number of hydrogen-bond donors (Lipinski definition) is 1. The number of carbonyl (C=O) groups is 2. The van der Waals surface area contributed by atoms with Gasteiger partial charge in [-0.05, 0) is 62.2 Å². The zero-order valence-corrected chi connectivity index (χ0v) is 22.9. The number of aryl methyl sites for hydroxylation is 1. The summed E-state index contributed by atoms with van der Waals surface area (Å²) in [6.07, 6.45) is 2.86. The van der Waals surface area contributed by atoms with E-state index in [9.17, 15) is 9.59 Å². The lowest BCUT2D eigenvalue weighted by molar-refractivity contribution is -0.120. The van der Waals surface area contributed by atoms with Gasteiger partial charge in [0.05, 0.1) is 11.3 Å². The normalized spacial score (nSPS) is 17.5. The second-order valence-corrected chi connectivity index (χ2v) is 11.0. The summed E-state index contributed by atoms with van der Waals surface area (Å²) < 4.78 is 0. The summed E-state index contributed by atoms with van der Waals surface area (Å²) in [6.45, 7) is 9.39. The molecule has 3 heterocycles. The number of nitrogens with one attached hydrogen (secondary N) is 1. The third-order valence-corrected chi connectivity index (χ3v) is 8.33. The lowest BCUT2D eigenvalue weighted by atomic mass is 10.1. The van der Waals surface area contributed by atoms with Crippen LogP contribution in [0.1, 0.15) is 35.7 Å². The molecule has 1 aromatic heterocycles. The Hall–Kier alpha value is -3.36. The molecule has 3 aromatic rings. The molecule has 2 aromatic carbocycles. The molecule has 0 radical (unpaired) electrons. The molecule has 1 saturated heterocycles. The van der Waals surface area contributed by atoms with Gasteiger partial charge in [0.2, 0.25) is 5.91 Å². The number of para-hydroxylation sites is 1. The predicted molar refractivity (Wildman–Crippen MR) is 153 cm³/mol. The van der Waals surface area contributed by atoms with Gasteiger partial charge >= 0.3 is 0 Å². The lowest BCUT2D eigenvalue weighted by Crippen LogP contribution is -2.52. The van der Waals surface area contributed by atoms with E-state index in [1.165, 1.54) is 23.0 Å². The van der Waals surface area contributed by atoms with Crippen LogP contribution in [0.2, 0.25) is 0 Å². The van der Waals surface area contributed by atoms with E-state index in [4.69, 9.17) is 0 Å². The number of aromatic nitrogens is 1. The van der Waals surface area contributed by atoms with Gasteiger partial charge in [-0.3, -0.25) is 14.5 Å². The van der Waals surface area contributed by atoms with E-state index in [0.717, 1.165) is 43.2 Å². The van der Waals surface area contributed by atoms with Crippen LogP contribution in [0.3, 0.4) is 0 Å². The monoisotopic (exact) mass is 529 g/mol. The molecule has 2 aliphatic rings. The number of piperazine rings is 1. The van der Waals surface area contributed by atoms with Crippen LogP contribution in [0, 0.1) is 6.92 Å². The molecule has 38 heavy (non-hydrogen) atoms. The van der Waals surface area contributed by atoms with Gasteiger partial charge in [0.1, 0.15) is 5.03 Å². The maximum absolute atomic E-state index is 13.3. The Labute approximate surface area is 229 Å². The van der Waals surface area contributed by atoms with Gasteiger partial charge < -0.3 is 15.1 Å². The van der Waals surface area contributed by atoms with Crippen LogP contribution in [0.15, 0.2) is 76.8 Å². The van der Waals surface area contributed by atoms with E-state index in [1.807, 2.05) is 24.3 Å². The molecular formula is C30H35N5O2S. The minimum atomic E-state index is -0.114. The van der Waals surface area contributed by atoms with E-state index in [-0.39, 0.29) is 18.2 Å². The highest BCUT2D eigenvalue weighted by Crippen LogP contribution is 2.40. The fourth-order valence-electron chi connectivity index (χ4n) is 5.18. The van der Waals surface area contributed by atoms with Gasteiger partial charge in [0, 0.05) is 68.5 Å². The van der Waals surface area contributed by atoms with Crippen LogP contribution < -0.4 is 15.1 Å². The van der Waals surface area contributed by atoms with Crippen molar-refractivity contribution in [1.29, 1.82) is 0 Å². The number of carbonyl (C=O) groups excluding carboxylic acids is 2. The summed E-state index contributed by atoms with van der Waals surface area (Å²) in [5.41, 5.74) is 3.99. The minimum Gasteiger partial charge on any atom is -0.369 e. The van der Waals surface area contributed by atoms with Gasteiger partial charge in [-0.2, -0.15) is 0 Å². The van der Waals surface area contributed by atoms with Crippen molar-refractivity contribution in [3.63, 3.8) is 0 Å². The molecule has 2 amide bonds. The molecule has 7 nitrogen and oxygen atoms in total. The average Bonchev–Trinajstić information content (AvgIpc) is 3.04. The van der Waals surface area contributed by atoms with Crippen molar-refractivity contribution in [2.75, 3.05) is 49.1 Å². The summed E-state index contributed by atoms with van der Waals surface area (Å²) >= 11 is 1.49. The third kappa shape index (κ3) is 6.03. The summed E-state index contributed by atoms with van der Waals surface area (Å²) in [4.78, 5) is 38.1. The zero-order valence-electron chi connectivity index (χ0n) is 22.1. The maximum atomic E-state index is 13.3. The summed E-state index contributed by atoms with van der Waals surface area (Å²) in [5.74, 6) is -0.145. The molecule has 1 N–H and O–H groups in total. The molecule has 1 atom stereocenters. The zero-order chi connectivity index (χ0) is 26.5. The van der Waals surface area contributed by atoms with Gasteiger partial charge in [0.25, 0.3) is 5.91 Å². The van der Waals surface area contributed by atoms with E-state index < -0.39 is 0 Å². The number of rotatable bonds is 8. The summed E-state index contributed by atoms with van der Waals surface area (Å²) in [7, 11) is 0. The lowest BCUT2D eigenvalue weighted by Gasteiger charge is -2.41. The highest BCUT2D eigenvalue weighted by molar-refractivity contribution is 7.99. The quantitative estimate of drug-likeness (QED) is 0.430. The van der Waals surface area contributed by atoms with Crippen LogP contribution in [0.4, 0.5) is 11.4 Å². The van der Waals surface area contributed by atoms with Crippen molar-refractivity contribution in [3.05, 3.63) is 78.0 Å². The molecule has 0 spiro atoms. The average molecular weight is 530 g/mol. The van der Waals surface area contributed by atoms with Crippen molar-refractivity contribution >= 4 is 35.0 Å². The predicted octanol–water partition coefficient (Wildman–Crippen LogP) is 4.61. The first kappa shape index (κ1) is 26.3. The number of benzene rings is 2. The third-order valence-electron chi connectivity index (χ3n) is 7.25. The largest absolute Gasteiger partial charge is 0.369 e. The number of hydrogen-bond acceptors (Lipinski definition) is 6. The Morgan fingerprint density at radius 2 is 1.95 bits per heavy atom. The smallest absolute Gasteiger partial charge is 0.261 e. The SMILES string of the molecule is Cc1cccc(N2CCN(CCCNC(=O)CCN3C(=O)c4cccnc4Sc4ccccc43)C(C)C2)c1. The summed E-state index contributed by atoms with van der Waals surface area (Å²) in [6, 6.07) is 20.6. The van der Waals surface area contributed by atoms with Crippen molar-refractivity contribution in [3.8, 4) is 0 Å². The van der Waals surface area contributed by atoms with Gasteiger partial charge in [-0.15, -0.1) is 0 Å². The van der Waals surface area contributed by atoms with Crippen molar-refractivity contribution in [2.45, 2.75) is 42.7 Å². The second-order valence-electron chi connectivity index (χ2n) is 10.0. The van der Waals surface area contributed by atoms with Crippen molar-refractivity contribution < 1.29 is 9.59 Å². The molecule has 5 rings (SSSR count). The molecule has 0 aliphatic carbocycles. The van der Waals surface area contributed by atoms with Crippen LogP contribution >= 0.6 is 11.8 Å². The summed E-state index contributed by atoms with van der Waals surface area (Å²) in [5, 5.41) is 3.76. The van der Waals surface area contributed by atoms with Crippen LogP contribution in [-0.2, 0) is 4.79 Å². The van der Waals surface area contributed by atoms with E-state index in [0.29, 0.717) is 29.7 Å². The minimum absolute atomic E-state index is 0.0316. The molecule has 198 valence electrons. The number of pyridine rings is 1. The molecule has 1 fully saturated rings. The first-order valence-corrected chi connectivity index (χ1v) is 14.2. The van der Waals surface area contributed by atoms with Gasteiger partial charge in [0.15, 0.2) is 0 Å². The van der Waals surface area contributed by atoms with E-state index in [1.54, 1.807) is 23.2 Å². The van der Waals surface area contributed by atoms with Crippen LogP contribution in [0.25, 0.3) is 0 Å².